The minimum Gasteiger partial charge on any atom is -0.485 e. The lowest BCUT2D eigenvalue weighted by Crippen LogP contribution is -2.46. The van der Waals surface area contributed by atoms with Crippen LogP contribution in [0.3, 0.4) is 0 Å². The molecule has 0 N–H and O–H groups in total. The molecule has 2 aliphatic heterocycles. The highest BCUT2D eigenvalue weighted by molar-refractivity contribution is 5.74. The minimum absolute atomic E-state index is 0.0241. The van der Waals surface area contributed by atoms with Crippen LogP contribution in [0.5, 0.6) is 11.5 Å². The Morgan fingerprint density at radius 1 is 1.37 bits per heavy atom. The molecular formula is C22H31NO4. The summed E-state index contributed by atoms with van der Waals surface area (Å²) in [5.74, 6) is 1.25. The standard InChI is InChI=1S/C22H31NO4/c1-4-5-6-19(24)26-17-8-7-15-14-23(2)12-11-22-10-9-16(25-3)13-18(22)27-21(17)20(15)22/h7-8,16,18H,4-6,9-14H2,1-3H3/t16-,18?,22?/m0/s1. The van der Waals surface area contributed by atoms with Crippen molar-refractivity contribution in [1.82, 2.24) is 4.90 Å². The van der Waals surface area contributed by atoms with Crippen LogP contribution >= 0.6 is 0 Å². The van der Waals surface area contributed by atoms with Gasteiger partial charge in [-0.15, -0.1) is 0 Å². The van der Waals surface area contributed by atoms with Crippen molar-refractivity contribution in [2.75, 3.05) is 20.7 Å². The molecule has 3 atom stereocenters. The summed E-state index contributed by atoms with van der Waals surface area (Å²) < 4.78 is 17.9. The third-order valence-electron chi connectivity index (χ3n) is 6.64. The number of rotatable bonds is 5. The first-order chi connectivity index (χ1) is 13.1. The van der Waals surface area contributed by atoms with Crippen molar-refractivity contribution >= 4 is 5.97 Å². The van der Waals surface area contributed by atoms with E-state index in [4.69, 9.17) is 14.2 Å². The number of unbranched alkanes of at least 4 members (excludes halogenated alkanes) is 1. The Morgan fingerprint density at radius 3 is 3.00 bits per heavy atom. The van der Waals surface area contributed by atoms with Gasteiger partial charge in [0.25, 0.3) is 0 Å². The van der Waals surface area contributed by atoms with E-state index in [1.807, 2.05) is 6.07 Å². The topological polar surface area (TPSA) is 48.0 Å². The molecule has 0 bridgehead atoms. The van der Waals surface area contributed by atoms with Gasteiger partial charge in [0.05, 0.1) is 6.10 Å². The Morgan fingerprint density at radius 2 is 2.22 bits per heavy atom. The van der Waals surface area contributed by atoms with E-state index < -0.39 is 0 Å². The molecular weight excluding hydrogens is 342 g/mol. The Balaban J connectivity index is 1.72. The molecule has 0 amide bonds. The van der Waals surface area contributed by atoms with Crippen LogP contribution in [0.1, 0.15) is 63.0 Å². The van der Waals surface area contributed by atoms with Gasteiger partial charge in [0.2, 0.25) is 0 Å². The fraction of sp³-hybridized carbons (Fsp3) is 0.682. The van der Waals surface area contributed by atoms with Crippen molar-refractivity contribution in [2.24, 2.45) is 0 Å². The maximum atomic E-state index is 12.2. The largest absolute Gasteiger partial charge is 0.485 e. The molecule has 1 spiro atoms. The van der Waals surface area contributed by atoms with Gasteiger partial charge < -0.3 is 19.1 Å². The maximum Gasteiger partial charge on any atom is 0.311 e. The first kappa shape index (κ1) is 18.8. The van der Waals surface area contributed by atoms with E-state index in [0.29, 0.717) is 12.2 Å². The molecule has 2 heterocycles. The number of nitrogens with zero attached hydrogens (tertiary/aromatic N) is 1. The summed E-state index contributed by atoms with van der Waals surface area (Å²) in [6.07, 6.45) is 6.75. The summed E-state index contributed by atoms with van der Waals surface area (Å²) >= 11 is 0. The van der Waals surface area contributed by atoms with Gasteiger partial charge in [-0.1, -0.05) is 19.4 Å². The highest BCUT2D eigenvalue weighted by atomic mass is 16.6. The van der Waals surface area contributed by atoms with Gasteiger partial charge in [-0.05, 0) is 50.9 Å². The summed E-state index contributed by atoms with van der Waals surface area (Å²) in [4.78, 5) is 14.6. The average molecular weight is 373 g/mol. The van der Waals surface area contributed by atoms with Gasteiger partial charge in [0.15, 0.2) is 11.5 Å². The van der Waals surface area contributed by atoms with Crippen LogP contribution in [-0.4, -0.2) is 43.8 Å². The van der Waals surface area contributed by atoms with Crippen molar-refractivity contribution in [3.8, 4) is 11.5 Å². The predicted octanol–water partition coefficient (Wildman–Crippen LogP) is 3.82. The summed E-state index contributed by atoms with van der Waals surface area (Å²) in [6, 6.07) is 4.06. The first-order valence-corrected chi connectivity index (χ1v) is 10.3. The van der Waals surface area contributed by atoms with Crippen LogP contribution in [0.4, 0.5) is 0 Å². The summed E-state index contributed by atoms with van der Waals surface area (Å²) in [7, 11) is 3.97. The molecule has 1 aromatic carbocycles. The summed E-state index contributed by atoms with van der Waals surface area (Å²) in [5, 5.41) is 0. The number of benzene rings is 1. The molecule has 1 saturated carbocycles. The fourth-order valence-corrected chi connectivity index (χ4v) is 5.11. The molecule has 3 aliphatic rings. The highest BCUT2D eigenvalue weighted by Gasteiger charge is 2.54. The highest BCUT2D eigenvalue weighted by Crippen LogP contribution is 2.57. The molecule has 0 saturated heterocycles. The zero-order valence-corrected chi connectivity index (χ0v) is 16.8. The summed E-state index contributed by atoms with van der Waals surface area (Å²) in [6.45, 7) is 4.05. The zero-order chi connectivity index (χ0) is 19.0. The number of hydrogen-bond donors (Lipinski definition) is 0. The Bertz CT molecular complexity index is 719. The lowest BCUT2D eigenvalue weighted by atomic mass is 9.65. The van der Waals surface area contributed by atoms with E-state index in [-0.39, 0.29) is 23.6 Å². The van der Waals surface area contributed by atoms with Gasteiger partial charge in [-0.25, -0.2) is 0 Å². The smallest absolute Gasteiger partial charge is 0.311 e. The van der Waals surface area contributed by atoms with Crippen molar-refractivity contribution in [2.45, 2.75) is 76.0 Å². The van der Waals surface area contributed by atoms with Crippen molar-refractivity contribution in [3.63, 3.8) is 0 Å². The number of carbonyl (C=O) groups is 1. The Hall–Kier alpha value is -1.59. The van der Waals surface area contributed by atoms with E-state index in [0.717, 1.165) is 57.4 Å². The third kappa shape index (κ3) is 3.25. The zero-order valence-electron chi connectivity index (χ0n) is 16.8. The van der Waals surface area contributed by atoms with Gasteiger partial charge in [0, 0.05) is 37.5 Å². The van der Waals surface area contributed by atoms with Crippen LogP contribution in [0.15, 0.2) is 12.1 Å². The van der Waals surface area contributed by atoms with Crippen molar-refractivity contribution < 1.29 is 19.0 Å². The molecule has 1 aromatic rings. The third-order valence-corrected chi connectivity index (χ3v) is 6.64. The molecule has 1 fully saturated rings. The predicted molar refractivity (Wildman–Crippen MR) is 103 cm³/mol. The van der Waals surface area contributed by atoms with Gasteiger partial charge >= 0.3 is 5.97 Å². The van der Waals surface area contributed by atoms with Crippen LogP contribution in [0.2, 0.25) is 0 Å². The quantitative estimate of drug-likeness (QED) is 0.580. The van der Waals surface area contributed by atoms with Crippen LogP contribution in [0, 0.1) is 0 Å². The molecule has 1 aliphatic carbocycles. The average Bonchev–Trinajstić information content (AvgIpc) is 2.94. The first-order valence-electron chi connectivity index (χ1n) is 10.3. The van der Waals surface area contributed by atoms with Gasteiger partial charge in [-0.3, -0.25) is 4.79 Å². The molecule has 0 radical (unpaired) electrons. The van der Waals surface area contributed by atoms with E-state index in [1.165, 1.54) is 11.1 Å². The van der Waals surface area contributed by atoms with Crippen LogP contribution in [0.25, 0.3) is 0 Å². The normalized spacial score (nSPS) is 29.4. The van der Waals surface area contributed by atoms with Crippen LogP contribution < -0.4 is 9.47 Å². The molecule has 5 nitrogen and oxygen atoms in total. The Labute approximate surface area is 162 Å². The summed E-state index contributed by atoms with van der Waals surface area (Å²) in [5.41, 5.74) is 2.64. The van der Waals surface area contributed by atoms with Gasteiger partial charge in [-0.2, -0.15) is 0 Å². The number of esters is 1. The van der Waals surface area contributed by atoms with Crippen molar-refractivity contribution in [1.29, 1.82) is 0 Å². The number of hydrogen-bond acceptors (Lipinski definition) is 5. The van der Waals surface area contributed by atoms with E-state index >= 15 is 0 Å². The monoisotopic (exact) mass is 373 g/mol. The number of carbonyl (C=O) groups excluding carboxylic acids is 1. The fourth-order valence-electron chi connectivity index (χ4n) is 5.11. The molecule has 148 valence electrons. The SMILES string of the molecule is CCCCC(=O)Oc1ccc2c3c1OC1C[C@@H](OC)CCC31CCN(C)C2. The second-order valence-electron chi connectivity index (χ2n) is 8.39. The molecule has 27 heavy (non-hydrogen) atoms. The molecule has 4 rings (SSSR count). The van der Waals surface area contributed by atoms with Gasteiger partial charge in [0.1, 0.15) is 6.10 Å². The maximum absolute atomic E-state index is 12.2. The van der Waals surface area contributed by atoms with Crippen molar-refractivity contribution in [3.05, 3.63) is 23.3 Å². The second kappa shape index (κ2) is 7.44. The molecule has 2 unspecified atom stereocenters. The van der Waals surface area contributed by atoms with E-state index in [1.54, 1.807) is 7.11 Å². The van der Waals surface area contributed by atoms with E-state index in [9.17, 15) is 4.79 Å². The number of ether oxygens (including phenoxy) is 3. The lowest BCUT2D eigenvalue weighted by molar-refractivity contribution is -0.134. The molecule has 5 heteroatoms. The Kier molecular flexibility index (Phi) is 5.17. The molecule has 0 aromatic heterocycles. The number of methoxy groups -OCH3 is 1. The second-order valence-corrected chi connectivity index (χ2v) is 8.39. The van der Waals surface area contributed by atoms with E-state index in [2.05, 4.69) is 24.9 Å². The lowest BCUT2D eigenvalue weighted by Gasteiger charge is -2.41. The minimum atomic E-state index is -0.166. The van der Waals surface area contributed by atoms with Crippen LogP contribution in [-0.2, 0) is 21.5 Å².